The smallest absolute Gasteiger partial charge is 0.323 e. The fraction of sp³-hybridized carbons (Fsp3) is 0.889. The van der Waals surface area contributed by atoms with Gasteiger partial charge in [-0.25, -0.2) is 0 Å². The highest BCUT2D eigenvalue weighted by molar-refractivity contribution is 5.85. The molecule has 0 amide bonds. The molecule has 1 saturated heterocycles. The van der Waals surface area contributed by atoms with Gasteiger partial charge in [0.15, 0.2) is 0 Å². The number of carbonyl (C=O) groups is 1. The quantitative estimate of drug-likeness (QED) is 0.646. The van der Waals surface area contributed by atoms with Crippen LogP contribution in [0.15, 0.2) is 0 Å². The Kier molecular flexibility index (Phi) is 3.75. The lowest BCUT2D eigenvalue weighted by Crippen LogP contribution is -2.50. The first-order chi connectivity index (χ1) is 6.22. The normalized spacial score (nSPS) is 39.3. The molecule has 0 radical (unpaired) electrons. The third kappa shape index (κ3) is 1.87. The molecule has 2 aliphatic rings. The van der Waals surface area contributed by atoms with Gasteiger partial charge < -0.3 is 15.8 Å². The summed E-state index contributed by atoms with van der Waals surface area (Å²) in [6, 6.07) is 0.476. The number of halogens is 1. The minimum atomic E-state index is -0.145. The van der Waals surface area contributed by atoms with E-state index in [2.05, 4.69) is 5.32 Å². The third-order valence-corrected chi connectivity index (χ3v) is 3.05. The fourth-order valence-corrected chi connectivity index (χ4v) is 2.47. The van der Waals surface area contributed by atoms with Crippen molar-refractivity contribution >= 4 is 18.4 Å². The second kappa shape index (κ2) is 4.47. The van der Waals surface area contributed by atoms with Crippen LogP contribution in [0.25, 0.3) is 0 Å². The van der Waals surface area contributed by atoms with Crippen molar-refractivity contribution in [1.29, 1.82) is 0 Å². The molecule has 4 nitrogen and oxygen atoms in total. The molecule has 0 spiro atoms. The Morgan fingerprint density at radius 3 is 2.79 bits per heavy atom. The van der Waals surface area contributed by atoms with Gasteiger partial charge in [-0.1, -0.05) is 0 Å². The summed E-state index contributed by atoms with van der Waals surface area (Å²) < 4.78 is 4.97. The van der Waals surface area contributed by atoms with E-state index < -0.39 is 0 Å². The van der Waals surface area contributed by atoms with Crippen LogP contribution in [-0.2, 0) is 9.53 Å². The molecule has 4 atom stereocenters. The van der Waals surface area contributed by atoms with Crippen LogP contribution in [0.2, 0.25) is 0 Å². The highest BCUT2D eigenvalue weighted by Crippen LogP contribution is 2.34. The van der Waals surface area contributed by atoms with Gasteiger partial charge in [-0.2, -0.15) is 0 Å². The average Bonchev–Trinajstić information content (AvgIpc) is 2.62. The Hall–Kier alpha value is -0.320. The van der Waals surface area contributed by atoms with Crippen LogP contribution < -0.4 is 11.1 Å². The van der Waals surface area contributed by atoms with Crippen LogP contribution >= 0.6 is 12.4 Å². The molecule has 82 valence electrons. The molecule has 5 heteroatoms. The van der Waals surface area contributed by atoms with E-state index >= 15 is 0 Å². The number of nitrogens with two attached hydrogens (primary N) is 1. The summed E-state index contributed by atoms with van der Waals surface area (Å²) in [5.41, 5.74) is 5.90. The largest absolute Gasteiger partial charge is 0.465 e. The Morgan fingerprint density at radius 2 is 2.29 bits per heavy atom. The summed E-state index contributed by atoms with van der Waals surface area (Å²) in [5, 5.41) is 3.25. The first-order valence-corrected chi connectivity index (χ1v) is 4.90. The molecule has 2 bridgehead atoms. The zero-order chi connectivity index (χ0) is 9.42. The van der Waals surface area contributed by atoms with E-state index in [4.69, 9.17) is 10.5 Å². The van der Waals surface area contributed by atoms with Crippen LogP contribution in [-0.4, -0.2) is 30.7 Å². The van der Waals surface area contributed by atoms with Gasteiger partial charge in [-0.05, 0) is 19.8 Å². The molecule has 1 saturated carbocycles. The number of carbonyl (C=O) groups excluding carboxylic acids is 1. The molecule has 0 unspecified atom stereocenters. The number of piperidine rings is 1. The van der Waals surface area contributed by atoms with Gasteiger partial charge in [0.05, 0.1) is 6.61 Å². The van der Waals surface area contributed by atoms with Crippen molar-refractivity contribution in [3.63, 3.8) is 0 Å². The van der Waals surface area contributed by atoms with E-state index in [9.17, 15) is 4.79 Å². The number of esters is 1. The Bertz CT molecular complexity index is 225. The van der Waals surface area contributed by atoms with Crippen molar-refractivity contribution < 1.29 is 9.53 Å². The maximum absolute atomic E-state index is 11.4. The van der Waals surface area contributed by atoms with Gasteiger partial charge in [0.1, 0.15) is 6.04 Å². The summed E-state index contributed by atoms with van der Waals surface area (Å²) in [6.45, 7) is 2.27. The van der Waals surface area contributed by atoms with Crippen molar-refractivity contribution in [2.24, 2.45) is 11.7 Å². The van der Waals surface area contributed by atoms with E-state index in [1.165, 1.54) is 0 Å². The minimum absolute atomic E-state index is 0. The molecule has 1 aliphatic carbocycles. The van der Waals surface area contributed by atoms with Gasteiger partial charge in [0.25, 0.3) is 0 Å². The van der Waals surface area contributed by atoms with Gasteiger partial charge in [0, 0.05) is 18.0 Å². The second-order valence-electron chi connectivity index (χ2n) is 3.89. The molecule has 3 N–H and O–H groups in total. The standard InChI is InChI=1S/C9H16N2O2.ClH/c1-2-13-9(12)8-6-3-5(11-8)4-7(6)10;/h5-8,11H,2-4,10H2,1H3;1H/t5-,6-,7-,8+;/m1./s1. The van der Waals surface area contributed by atoms with E-state index in [0.717, 1.165) is 12.8 Å². The van der Waals surface area contributed by atoms with Crippen molar-refractivity contribution in [3.8, 4) is 0 Å². The van der Waals surface area contributed by atoms with E-state index in [1.54, 1.807) is 0 Å². The topological polar surface area (TPSA) is 64.3 Å². The maximum Gasteiger partial charge on any atom is 0.323 e. The maximum atomic E-state index is 11.4. The molecule has 2 fully saturated rings. The zero-order valence-electron chi connectivity index (χ0n) is 8.23. The second-order valence-corrected chi connectivity index (χ2v) is 3.89. The average molecular weight is 221 g/mol. The number of ether oxygens (including phenoxy) is 1. The molecule has 0 aromatic carbocycles. The Morgan fingerprint density at radius 1 is 1.57 bits per heavy atom. The Balaban J connectivity index is 0.000000980. The number of nitrogens with one attached hydrogen (secondary N) is 1. The van der Waals surface area contributed by atoms with Crippen LogP contribution in [0, 0.1) is 5.92 Å². The van der Waals surface area contributed by atoms with Gasteiger partial charge in [0.2, 0.25) is 0 Å². The Labute approximate surface area is 90.0 Å². The molecule has 14 heavy (non-hydrogen) atoms. The first-order valence-electron chi connectivity index (χ1n) is 4.90. The van der Waals surface area contributed by atoms with Crippen molar-refractivity contribution in [2.45, 2.75) is 37.9 Å². The number of hydrogen-bond acceptors (Lipinski definition) is 4. The van der Waals surface area contributed by atoms with Crippen molar-refractivity contribution in [1.82, 2.24) is 5.32 Å². The summed E-state index contributed by atoms with van der Waals surface area (Å²) in [4.78, 5) is 11.4. The lowest BCUT2D eigenvalue weighted by molar-refractivity contribution is -0.146. The first kappa shape index (κ1) is 11.8. The van der Waals surface area contributed by atoms with Crippen LogP contribution in [0.3, 0.4) is 0 Å². The summed E-state index contributed by atoms with van der Waals surface area (Å²) in [7, 11) is 0. The molecule has 0 aromatic rings. The number of fused-ring (bicyclic) bond motifs is 2. The highest BCUT2D eigenvalue weighted by Gasteiger charge is 2.47. The van der Waals surface area contributed by atoms with Crippen LogP contribution in [0.1, 0.15) is 19.8 Å². The molecule has 1 heterocycles. The lowest BCUT2D eigenvalue weighted by Gasteiger charge is -2.25. The third-order valence-electron chi connectivity index (χ3n) is 3.05. The van der Waals surface area contributed by atoms with Gasteiger partial charge in [-0.15, -0.1) is 12.4 Å². The molecule has 1 aliphatic heterocycles. The molecule has 2 rings (SSSR count). The molecular weight excluding hydrogens is 204 g/mol. The van der Waals surface area contributed by atoms with E-state index in [-0.39, 0.29) is 30.5 Å². The minimum Gasteiger partial charge on any atom is -0.465 e. The van der Waals surface area contributed by atoms with Gasteiger partial charge in [-0.3, -0.25) is 4.79 Å². The van der Waals surface area contributed by atoms with E-state index in [0.29, 0.717) is 18.6 Å². The predicted molar refractivity (Wildman–Crippen MR) is 55.3 cm³/mol. The fourth-order valence-electron chi connectivity index (χ4n) is 2.47. The predicted octanol–water partition coefficient (Wildman–Crippen LogP) is 0.0490. The number of rotatable bonds is 2. The number of hydrogen-bond donors (Lipinski definition) is 2. The summed E-state index contributed by atoms with van der Waals surface area (Å²) in [5.74, 6) is 0.161. The van der Waals surface area contributed by atoms with Crippen LogP contribution in [0.5, 0.6) is 0 Å². The lowest BCUT2D eigenvalue weighted by atomic mass is 9.96. The van der Waals surface area contributed by atoms with E-state index in [1.807, 2.05) is 6.92 Å². The van der Waals surface area contributed by atoms with Gasteiger partial charge >= 0.3 is 5.97 Å². The van der Waals surface area contributed by atoms with Crippen molar-refractivity contribution in [3.05, 3.63) is 0 Å². The molecular formula is C9H17ClN2O2. The SMILES string of the molecule is CCOC(=O)[C@H]1N[C@@H]2C[C@@H]1[C@H](N)C2.Cl. The summed E-state index contributed by atoms with van der Waals surface area (Å²) >= 11 is 0. The summed E-state index contributed by atoms with van der Waals surface area (Å²) in [6.07, 6.45) is 2.03. The zero-order valence-corrected chi connectivity index (χ0v) is 9.05. The van der Waals surface area contributed by atoms with Crippen LogP contribution in [0.4, 0.5) is 0 Å². The van der Waals surface area contributed by atoms with Crippen molar-refractivity contribution in [2.75, 3.05) is 6.61 Å². The monoisotopic (exact) mass is 220 g/mol. The molecule has 0 aromatic heterocycles. The highest BCUT2D eigenvalue weighted by atomic mass is 35.5.